The van der Waals surface area contributed by atoms with E-state index < -0.39 is 0 Å². The Bertz CT molecular complexity index is 198. The number of fused-ring (bicyclic) bond motifs is 1. The molecule has 3 rings (SSSR count). The zero-order valence-electron chi connectivity index (χ0n) is 9.04. The molecule has 2 atom stereocenters. The Hall–Kier alpha value is -0.0800. The Morgan fingerprint density at radius 1 is 0.857 bits per heavy atom. The van der Waals surface area contributed by atoms with Crippen molar-refractivity contribution in [2.24, 2.45) is 0 Å². The molecule has 0 bridgehead atoms. The Balaban J connectivity index is 1.63. The minimum atomic E-state index is 0.830. The summed E-state index contributed by atoms with van der Waals surface area (Å²) < 4.78 is 0. The molecule has 2 saturated heterocycles. The van der Waals surface area contributed by atoms with E-state index in [0.717, 1.165) is 18.1 Å². The molecule has 14 heavy (non-hydrogen) atoms. The first kappa shape index (κ1) is 9.17. The summed E-state index contributed by atoms with van der Waals surface area (Å²) in [6.45, 7) is 2.74. The van der Waals surface area contributed by atoms with E-state index in [9.17, 15) is 0 Å². The van der Waals surface area contributed by atoms with E-state index in [-0.39, 0.29) is 0 Å². The highest BCUT2D eigenvalue weighted by Crippen LogP contribution is 2.29. The van der Waals surface area contributed by atoms with E-state index in [1.54, 1.807) is 0 Å². The molecule has 80 valence electrons. The number of nitrogens with zero attached hydrogens (tertiary/aromatic N) is 1. The molecule has 3 aliphatic rings. The molecule has 3 fully saturated rings. The first-order valence-electron chi connectivity index (χ1n) is 6.43. The van der Waals surface area contributed by atoms with Gasteiger partial charge in [-0.3, -0.25) is 4.90 Å². The summed E-state index contributed by atoms with van der Waals surface area (Å²) in [5.41, 5.74) is 0. The predicted molar refractivity (Wildman–Crippen MR) is 58.4 cm³/mol. The molecule has 0 aromatic rings. The van der Waals surface area contributed by atoms with Crippen LogP contribution in [0.3, 0.4) is 0 Å². The zero-order chi connectivity index (χ0) is 9.38. The number of hydrogen-bond acceptors (Lipinski definition) is 2. The van der Waals surface area contributed by atoms with Gasteiger partial charge in [-0.15, -0.1) is 0 Å². The van der Waals surface area contributed by atoms with Crippen LogP contribution in [0.25, 0.3) is 0 Å². The molecule has 2 heteroatoms. The molecule has 2 heterocycles. The molecule has 0 aromatic carbocycles. The van der Waals surface area contributed by atoms with Gasteiger partial charge in [-0.2, -0.15) is 0 Å². The molecule has 1 aliphatic carbocycles. The van der Waals surface area contributed by atoms with Gasteiger partial charge in [0.15, 0.2) is 0 Å². The van der Waals surface area contributed by atoms with Gasteiger partial charge < -0.3 is 5.32 Å². The lowest BCUT2D eigenvalue weighted by Crippen LogP contribution is -2.56. The number of nitrogens with one attached hydrogen (secondary N) is 1. The molecule has 0 radical (unpaired) electrons. The molecule has 0 amide bonds. The van der Waals surface area contributed by atoms with Gasteiger partial charge in [0.05, 0.1) is 0 Å². The van der Waals surface area contributed by atoms with Crippen molar-refractivity contribution in [3.63, 3.8) is 0 Å². The third-order valence-electron chi connectivity index (χ3n) is 4.12. The average molecular weight is 194 g/mol. The molecule has 0 aromatic heterocycles. The number of piperidine rings is 2. The van der Waals surface area contributed by atoms with Crippen LogP contribution >= 0.6 is 0 Å². The normalized spacial score (nSPS) is 39.4. The van der Waals surface area contributed by atoms with Crippen molar-refractivity contribution >= 4 is 0 Å². The fraction of sp³-hybridized carbons (Fsp3) is 1.00. The van der Waals surface area contributed by atoms with Gasteiger partial charge in [0.2, 0.25) is 0 Å². The second-order valence-corrected chi connectivity index (χ2v) is 5.29. The molecule has 0 spiro atoms. The maximum Gasteiger partial charge on any atom is 0.0249 e. The van der Waals surface area contributed by atoms with Gasteiger partial charge >= 0.3 is 0 Å². The van der Waals surface area contributed by atoms with Crippen LogP contribution in [0, 0.1) is 0 Å². The first-order valence-corrected chi connectivity index (χ1v) is 6.43. The number of hydrogen-bond donors (Lipinski definition) is 1. The Morgan fingerprint density at radius 3 is 2.57 bits per heavy atom. The molecule has 2 nitrogen and oxygen atoms in total. The van der Waals surface area contributed by atoms with Crippen molar-refractivity contribution in [1.82, 2.24) is 10.2 Å². The van der Waals surface area contributed by atoms with Gasteiger partial charge in [0.25, 0.3) is 0 Å². The largest absolute Gasteiger partial charge is 0.310 e. The highest BCUT2D eigenvalue weighted by molar-refractivity contribution is 4.95. The number of rotatable bonds is 2. The van der Waals surface area contributed by atoms with Crippen LogP contribution in [0.15, 0.2) is 0 Å². The van der Waals surface area contributed by atoms with Gasteiger partial charge in [-0.05, 0) is 51.6 Å². The zero-order valence-corrected chi connectivity index (χ0v) is 9.04. The van der Waals surface area contributed by atoms with E-state index in [4.69, 9.17) is 0 Å². The fourth-order valence-corrected chi connectivity index (χ4v) is 3.20. The van der Waals surface area contributed by atoms with E-state index in [1.165, 1.54) is 58.0 Å². The van der Waals surface area contributed by atoms with E-state index >= 15 is 0 Å². The second-order valence-electron chi connectivity index (χ2n) is 5.29. The van der Waals surface area contributed by atoms with Crippen molar-refractivity contribution in [3.05, 3.63) is 0 Å². The molecular weight excluding hydrogens is 172 g/mol. The Morgan fingerprint density at radius 2 is 1.71 bits per heavy atom. The summed E-state index contributed by atoms with van der Waals surface area (Å²) in [6, 6.07) is 2.61. The second kappa shape index (κ2) is 3.82. The van der Waals surface area contributed by atoms with E-state index in [2.05, 4.69) is 10.2 Å². The molecule has 1 N–H and O–H groups in total. The van der Waals surface area contributed by atoms with Crippen LogP contribution in [-0.4, -0.2) is 36.1 Å². The molecular formula is C12H22N2. The van der Waals surface area contributed by atoms with Crippen LogP contribution in [0.5, 0.6) is 0 Å². The standard InChI is InChI=1S/C12H22N2/c1-2-8-14-9-3-4-11(12(14)5-1)13-10-6-7-10/h10-13H,1-9H2. The average Bonchev–Trinajstić information content (AvgIpc) is 3.03. The minimum Gasteiger partial charge on any atom is -0.310 e. The summed E-state index contributed by atoms with van der Waals surface area (Å²) in [5, 5.41) is 3.85. The SMILES string of the molecule is C1CCN2CCCC(NC3CC3)C2C1. The van der Waals surface area contributed by atoms with Crippen LogP contribution in [0.1, 0.15) is 44.9 Å². The monoisotopic (exact) mass is 194 g/mol. The third kappa shape index (κ3) is 1.82. The van der Waals surface area contributed by atoms with E-state index in [0.29, 0.717) is 0 Å². The highest BCUT2D eigenvalue weighted by Gasteiger charge is 2.35. The lowest BCUT2D eigenvalue weighted by atomic mass is 9.89. The van der Waals surface area contributed by atoms with Crippen molar-refractivity contribution < 1.29 is 0 Å². The summed E-state index contributed by atoms with van der Waals surface area (Å²) >= 11 is 0. The lowest BCUT2D eigenvalue weighted by Gasteiger charge is -2.44. The minimum absolute atomic E-state index is 0.830. The van der Waals surface area contributed by atoms with Crippen LogP contribution in [-0.2, 0) is 0 Å². The van der Waals surface area contributed by atoms with Crippen molar-refractivity contribution in [3.8, 4) is 0 Å². The Kier molecular flexibility index (Phi) is 2.50. The van der Waals surface area contributed by atoms with E-state index in [1.807, 2.05) is 0 Å². The topological polar surface area (TPSA) is 15.3 Å². The Labute approximate surface area is 87.0 Å². The molecule has 2 aliphatic heterocycles. The van der Waals surface area contributed by atoms with Gasteiger partial charge in [0, 0.05) is 18.1 Å². The van der Waals surface area contributed by atoms with Gasteiger partial charge in [0.1, 0.15) is 0 Å². The predicted octanol–water partition coefficient (Wildman–Crippen LogP) is 1.76. The third-order valence-corrected chi connectivity index (χ3v) is 4.12. The smallest absolute Gasteiger partial charge is 0.0249 e. The summed E-state index contributed by atoms with van der Waals surface area (Å²) in [6.07, 6.45) is 10.1. The maximum absolute atomic E-state index is 3.85. The quantitative estimate of drug-likeness (QED) is 0.720. The first-order chi connectivity index (χ1) is 6.93. The van der Waals surface area contributed by atoms with Crippen LogP contribution in [0.4, 0.5) is 0 Å². The van der Waals surface area contributed by atoms with Crippen molar-refractivity contribution in [1.29, 1.82) is 0 Å². The summed E-state index contributed by atoms with van der Waals surface area (Å²) in [4.78, 5) is 2.74. The van der Waals surface area contributed by atoms with Gasteiger partial charge in [-0.25, -0.2) is 0 Å². The fourth-order valence-electron chi connectivity index (χ4n) is 3.20. The van der Waals surface area contributed by atoms with Gasteiger partial charge in [-0.1, -0.05) is 6.42 Å². The van der Waals surface area contributed by atoms with Crippen molar-refractivity contribution in [2.75, 3.05) is 13.1 Å². The molecule has 1 saturated carbocycles. The van der Waals surface area contributed by atoms with Crippen molar-refractivity contribution in [2.45, 2.75) is 63.1 Å². The van der Waals surface area contributed by atoms with Crippen LogP contribution in [0.2, 0.25) is 0 Å². The highest BCUT2D eigenvalue weighted by atomic mass is 15.2. The maximum atomic E-state index is 3.85. The molecule has 2 unspecified atom stereocenters. The summed E-state index contributed by atoms with van der Waals surface area (Å²) in [7, 11) is 0. The summed E-state index contributed by atoms with van der Waals surface area (Å²) in [5.74, 6) is 0. The van der Waals surface area contributed by atoms with Crippen LogP contribution < -0.4 is 5.32 Å². The lowest BCUT2D eigenvalue weighted by molar-refractivity contribution is 0.0768.